The first kappa shape index (κ1) is 25.5. The van der Waals surface area contributed by atoms with Gasteiger partial charge in [0.1, 0.15) is 48.1 Å². The number of carbonyl (C=O) groups excluding carboxylic acids is 1. The number of halogens is 1. The quantitative estimate of drug-likeness (QED) is 0.221. The van der Waals surface area contributed by atoms with E-state index in [9.17, 15) is 4.79 Å². The van der Waals surface area contributed by atoms with Crippen molar-refractivity contribution in [3.63, 3.8) is 0 Å². The second-order valence-electron chi connectivity index (χ2n) is 9.42. The first-order valence-corrected chi connectivity index (χ1v) is 13.4. The highest BCUT2D eigenvalue weighted by atomic mass is 35.5. The largest absolute Gasteiger partial charge is 0.358 e. The minimum atomic E-state index is -0.00561. The Labute approximate surface area is 229 Å². The van der Waals surface area contributed by atoms with E-state index in [1.165, 1.54) is 12.7 Å². The van der Waals surface area contributed by atoms with E-state index in [0.29, 0.717) is 16.2 Å². The molecule has 12 heteroatoms. The fourth-order valence-electron chi connectivity index (χ4n) is 4.91. The van der Waals surface area contributed by atoms with Gasteiger partial charge in [0.15, 0.2) is 16.4 Å². The molecule has 2 aliphatic rings. The summed E-state index contributed by atoms with van der Waals surface area (Å²) in [6.45, 7) is 1.57. The summed E-state index contributed by atoms with van der Waals surface area (Å²) in [7, 11) is 0. The third-order valence-electron chi connectivity index (χ3n) is 6.92. The molecule has 0 amide bonds. The van der Waals surface area contributed by atoms with Crippen molar-refractivity contribution in [2.45, 2.75) is 51.0 Å². The molecule has 1 aromatic carbocycles. The van der Waals surface area contributed by atoms with Crippen LogP contribution in [0.25, 0.3) is 33.6 Å². The Hall–Kier alpha value is -3.80. The number of aldehydes is 1. The molecule has 200 valence electrons. The van der Waals surface area contributed by atoms with E-state index in [1.807, 2.05) is 21.3 Å². The molecule has 2 atom stereocenters. The molecule has 2 aliphatic heterocycles. The van der Waals surface area contributed by atoms with Crippen molar-refractivity contribution in [3.8, 4) is 11.3 Å². The molecule has 7 rings (SSSR count). The Morgan fingerprint density at radius 1 is 0.744 bits per heavy atom. The summed E-state index contributed by atoms with van der Waals surface area (Å²) in [5.74, 6) is 0. The van der Waals surface area contributed by atoms with Crippen LogP contribution in [0.15, 0.2) is 49.6 Å². The van der Waals surface area contributed by atoms with Gasteiger partial charge in [0, 0.05) is 24.3 Å². The lowest BCUT2D eigenvalue weighted by molar-refractivity contribution is -0.0299. The molecule has 0 spiro atoms. The molecule has 11 nitrogen and oxygen atoms in total. The maximum atomic E-state index is 10.8. The molecule has 4 aromatic heterocycles. The van der Waals surface area contributed by atoms with Gasteiger partial charge in [-0.15, -0.1) is 0 Å². The molecule has 0 bridgehead atoms. The van der Waals surface area contributed by atoms with E-state index in [4.69, 9.17) is 21.1 Å². The molecule has 6 heterocycles. The first-order chi connectivity index (χ1) is 19.2. The fourth-order valence-corrected chi connectivity index (χ4v) is 5.09. The van der Waals surface area contributed by atoms with E-state index >= 15 is 0 Å². The first-order valence-electron chi connectivity index (χ1n) is 13.0. The van der Waals surface area contributed by atoms with Crippen LogP contribution in [-0.4, -0.2) is 58.5 Å². The third-order valence-corrected chi connectivity index (χ3v) is 7.20. The number of carbonyl (C=O) groups is 1. The van der Waals surface area contributed by atoms with E-state index < -0.39 is 0 Å². The van der Waals surface area contributed by atoms with Crippen molar-refractivity contribution in [2.75, 3.05) is 13.2 Å². The number of imidazole rings is 2. The highest BCUT2D eigenvalue weighted by Gasteiger charge is 2.21. The van der Waals surface area contributed by atoms with Gasteiger partial charge < -0.3 is 9.47 Å². The van der Waals surface area contributed by atoms with Gasteiger partial charge in [0.25, 0.3) is 0 Å². The Morgan fingerprint density at radius 2 is 1.33 bits per heavy atom. The molecule has 0 aliphatic carbocycles. The summed E-state index contributed by atoms with van der Waals surface area (Å²) in [5, 5.41) is 0.388. The Bertz CT molecular complexity index is 1570. The maximum absolute atomic E-state index is 10.8. The Kier molecular flexibility index (Phi) is 7.53. The van der Waals surface area contributed by atoms with Gasteiger partial charge in [0.05, 0.1) is 12.7 Å². The maximum Gasteiger partial charge on any atom is 0.166 e. The Balaban J connectivity index is 0.000000151. The van der Waals surface area contributed by atoms with Crippen LogP contribution >= 0.6 is 11.6 Å². The van der Waals surface area contributed by atoms with Gasteiger partial charge in [-0.2, -0.15) is 0 Å². The van der Waals surface area contributed by atoms with Gasteiger partial charge in [-0.05, 0) is 38.5 Å². The van der Waals surface area contributed by atoms with Crippen molar-refractivity contribution in [1.29, 1.82) is 0 Å². The standard InChI is InChI=1S/C17H16N4O2.C10H11ClN4O/c22-9-12-4-6-13(7-5-12)15-16-17(19-10-18-15)21(11-20-16)14-3-1-2-8-23-14;11-9-8-10(13-5-12-9)15(6-14-8)7-3-1-2-4-16-7/h4-7,9-11,14H,1-3,8H2;5-7H,1-4H2. The van der Waals surface area contributed by atoms with Crippen LogP contribution in [0, 0.1) is 0 Å². The van der Waals surface area contributed by atoms with Crippen LogP contribution in [-0.2, 0) is 9.47 Å². The molecular weight excluding hydrogens is 520 g/mol. The smallest absolute Gasteiger partial charge is 0.166 e. The lowest BCUT2D eigenvalue weighted by atomic mass is 10.1. The fraction of sp³-hybridized carbons (Fsp3) is 0.370. The highest BCUT2D eigenvalue weighted by Crippen LogP contribution is 2.30. The van der Waals surface area contributed by atoms with Crippen LogP contribution in [0.2, 0.25) is 5.15 Å². The molecule has 0 saturated carbocycles. The van der Waals surface area contributed by atoms with Crippen LogP contribution in [0.1, 0.15) is 61.3 Å². The summed E-state index contributed by atoms with van der Waals surface area (Å²) < 4.78 is 15.4. The molecule has 2 fully saturated rings. The number of fused-ring (bicyclic) bond motifs is 2. The lowest BCUT2D eigenvalue weighted by Crippen LogP contribution is -2.17. The van der Waals surface area contributed by atoms with Crippen LogP contribution in [0.3, 0.4) is 0 Å². The predicted molar refractivity (Wildman–Crippen MR) is 144 cm³/mol. The monoisotopic (exact) mass is 546 g/mol. The normalized spacial score (nSPS) is 19.5. The topological polar surface area (TPSA) is 123 Å². The summed E-state index contributed by atoms with van der Waals surface area (Å²) in [5.41, 5.74) is 5.23. The molecule has 2 unspecified atom stereocenters. The molecule has 0 radical (unpaired) electrons. The summed E-state index contributed by atoms with van der Waals surface area (Å²) >= 11 is 5.94. The van der Waals surface area contributed by atoms with E-state index in [0.717, 1.165) is 79.7 Å². The number of hydrogen-bond acceptors (Lipinski definition) is 9. The predicted octanol–water partition coefficient (Wildman–Crippen LogP) is 5.18. The van der Waals surface area contributed by atoms with Gasteiger partial charge in [-0.3, -0.25) is 13.9 Å². The number of benzene rings is 1. The van der Waals surface area contributed by atoms with Crippen molar-refractivity contribution < 1.29 is 14.3 Å². The van der Waals surface area contributed by atoms with Crippen molar-refractivity contribution in [1.82, 2.24) is 39.0 Å². The molecular formula is C27H27ClN8O3. The van der Waals surface area contributed by atoms with Crippen LogP contribution < -0.4 is 0 Å². The zero-order valence-corrected chi connectivity index (χ0v) is 21.9. The minimum Gasteiger partial charge on any atom is -0.358 e. The van der Waals surface area contributed by atoms with Crippen molar-refractivity contribution in [3.05, 3.63) is 60.3 Å². The van der Waals surface area contributed by atoms with Crippen molar-refractivity contribution >= 4 is 40.2 Å². The molecule has 2 saturated heterocycles. The average molecular weight is 547 g/mol. The number of rotatable bonds is 4. The van der Waals surface area contributed by atoms with Crippen LogP contribution in [0.5, 0.6) is 0 Å². The second-order valence-corrected chi connectivity index (χ2v) is 9.78. The van der Waals surface area contributed by atoms with Crippen LogP contribution in [0.4, 0.5) is 0 Å². The van der Waals surface area contributed by atoms with Gasteiger partial charge in [-0.25, -0.2) is 29.9 Å². The average Bonchev–Trinajstić information content (AvgIpc) is 3.64. The second kappa shape index (κ2) is 11.5. The number of ether oxygens (including phenoxy) is 2. The molecule has 39 heavy (non-hydrogen) atoms. The third kappa shape index (κ3) is 5.25. The molecule has 0 N–H and O–H groups in total. The van der Waals surface area contributed by atoms with E-state index in [-0.39, 0.29) is 12.5 Å². The van der Waals surface area contributed by atoms with E-state index in [1.54, 1.807) is 31.1 Å². The summed E-state index contributed by atoms with van der Waals surface area (Å²) in [4.78, 5) is 36.4. The number of hydrogen-bond donors (Lipinski definition) is 0. The highest BCUT2D eigenvalue weighted by molar-refractivity contribution is 6.33. The SMILES string of the molecule is Clc1ncnc2c1ncn2C1CCCCO1.O=Cc1ccc(-c2ncnc3c2ncn3C2CCCCO2)cc1. The minimum absolute atomic E-state index is 0.00561. The lowest BCUT2D eigenvalue weighted by Gasteiger charge is -2.23. The summed E-state index contributed by atoms with van der Waals surface area (Å²) in [6.07, 6.45) is 13.9. The zero-order valence-electron chi connectivity index (χ0n) is 21.2. The number of nitrogens with zero attached hydrogens (tertiary/aromatic N) is 8. The number of aromatic nitrogens is 8. The zero-order chi connectivity index (χ0) is 26.6. The molecule has 5 aromatic rings. The van der Waals surface area contributed by atoms with Gasteiger partial charge in [-0.1, -0.05) is 35.9 Å². The Morgan fingerprint density at radius 3 is 1.92 bits per heavy atom. The van der Waals surface area contributed by atoms with Crippen molar-refractivity contribution in [2.24, 2.45) is 0 Å². The van der Waals surface area contributed by atoms with E-state index in [2.05, 4.69) is 29.9 Å². The van der Waals surface area contributed by atoms with Gasteiger partial charge in [0.2, 0.25) is 0 Å². The summed E-state index contributed by atoms with van der Waals surface area (Å²) in [6, 6.07) is 7.30. The van der Waals surface area contributed by atoms with Gasteiger partial charge >= 0.3 is 0 Å².